The number of rotatable bonds is 15. The number of hydrogen-bond donors (Lipinski definition) is 3. The van der Waals surface area contributed by atoms with Crippen molar-refractivity contribution in [3.05, 3.63) is 235 Å². The maximum absolute atomic E-state index is 3.65. The zero-order chi connectivity index (χ0) is 43.7. The van der Waals surface area contributed by atoms with E-state index >= 15 is 0 Å². The maximum atomic E-state index is 3.65. The lowest BCUT2D eigenvalue weighted by Crippen LogP contribution is -2.10. The van der Waals surface area contributed by atoms with E-state index in [2.05, 4.69) is 260 Å². The third-order valence-electron chi connectivity index (χ3n) is 11.8. The Hall–Kier alpha value is -7.82. The number of nitrogens with one attached hydrogen (secondary N) is 3. The molecular formula is C60H54N4. The number of anilines is 9. The van der Waals surface area contributed by atoms with E-state index in [4.69, 9.17) is 0 Å². The minimum Gasteiger partial charge on any atom is -0.356 e. The Bertz CT molecular complexity index is 2640. The molecule has 9 aromatic rings. The van der Waals surface area contributed by atoms with Crippen molar-refractivity contribution in [2.24, 2.45) is 0 Å². The van der Waals surface area contributed by atoms with Crippen molar-refractivity contribution in [3.8, 4) is 33.4 Å². The number of aryl methyl sites for hydroxylation is 3. The average Bonchev–Trinajstić information content (AvgIpc) is 3.36. The van der Waals surface area contributed by atoms with Gasteiger partial charge in [-0.25, -0.2) is 0 Å². The Labute approximate surface area is 378 Å². The molecule has 0 amide bonds. The van der Waals surface area contributed by atoms with E-state index in [1.54, 1.807) is 0 Å². The molecule has 0 aliphatic heterocycles. The normalized spacial score (nSPS) is 10.9. The first-order valence-corrected chi connectivity index (χ1v) is 22.5. The summed E-state index contributed by atoms with van der Waals surface area (Å²) in [5.74, 6) is 0. The summed E-state index contributed by atoms with van der Waals surface area (Å²) in [5.41, 5.74) is 20.7. The molecule has 64 heavy (non-hydrogen) atoms. The largest absolute Gasteiger partial charge is 0.356 e. The molecule has 0 aromatic heterocycles. The monoisotopic (exact) mass is 830 g/mol. The molecule has 314 valence electrons. The van der Waals surface area contributed by atoms with E-state index in [-0.39, 0.29) is 0 Å². The lowest BCUT2D eigenvalue weighted by atomic mass is 10.0. The SMILES string of the molecule is CCc1cccc(-c2cccc(Nc3ccc(N(c4ccc(Nc5cccc(-c6cccc(CC)c6)c5)cc4)c4ccc(Nc5cccc(-c6cccc(CC)c6)c5)cc4)cc3)c2)c1. The van der Waals surface area contributed by atoms with Gasteiger partial charge in [-0.2, -0.15) is 0 Å². The zero-order valence-electron chi connectivity index (χ0n) is 36.9. The van der Waals surface area contributed by atoms with Crippen molar-refractivity contribution >= 4 is 51.2 Å². The van der Waals surface area contributed by atoms with Gasteiger partial charge in [-0.1, -0.05) is 130 Å². The van der Waals surface area contributed by atoms with Gasteiger partial charge in [-0.05, 0) is 179 Å². The summed E-state index contributed by atoms with van der Waals surface area (Å²) in [5, 5.41) is 11.0. The molecule has 0 saturated carbocycles. The van der Waals surface area contributed by atoms with Gasteiger partial charge in [0.15, 0.2) is 0 Å². The average molecular weight is 831 g/mol. The van der Waals surface area contributed by atoms with Crippen LogP contribution in [-0.2, 0) is 19.3 Å². The van der Waals surface area contributed by atoms with Gasteiger partial charge in [0.05, 0.1) is 0 Å². The van der Waals surface area contributed by atoms with Gasteiger partial charge in [-0.15, -0.1) is 0 Å². The summed E-state index contributed by atoms with van der Waals surface area (Å²) in [7, 11) is 0. The van der Waals surface area contributed by atoms with Crippen LogP contribution in [0.25, 0.3) is 33.4 Å². The van der Waals surface area contributed by atoms with Crippen molar-refractivity contribution in [1.82, 2.24) is 0 Å². The number of benzene rings is 9. The first kappa shape index (κ1) is 41.5. The molecular weight excluding hydrogens is 777 g/mol. The first-order valence-electron chi connectivity index (χ1n) is 22.5. The van der Waals surface area contributed by atoms with Crippen LogP contribution in [0.1, 0.15) is 37.5 Å². The smallest absolute Gasteiger partial charge is 0.0463 e. The minimum absolute atomic E-state index is 1.02. The van der Waals surface area contributed by atoms with Crippen molar-refractivity contribution in [3.63, 3.8) is 0 Å². The van der Waals surface area contributed by atoms with E-state index in [1.807, 2.05) is 0 Å². The van der Waals surface area contributed by atoms with Crippen LogP contribution in [0.15, 0.2) is 218 Å². The molecule has 0 radical (unpaired) electrons. The molecule has 0 spiro atoms. The third-order valence-corrected chi connectivity index (χ3v) is 11.8. The van der Waals surface area contributed by atoms with Gasteiger partial charge >= 0.3 is 0 Å². The maximum Gasteiger partial charge on any atom is 0.0463 e. The molecule has 9 rings (SSSR count). The van der Waals surface area contributed by atoms with Gasteiger partial charge in [-0.3, -0.25) is 0 Å². The summed E-state index contributed by atoms with van der Waals surface area (Å²) >= 11 is 0. The van der Waals surface area contributed by atoms with Crippen LogP contribution in [0.4, 0.5) is 51.2 Å². The second-order valence-corrected chi connectivity index (χ2v) is 16.3. The molecule has 0 aliphatic rings. The van der Waals surface area contributed by atoms with Crippen molar-refractivity contribution in [2.45, 2.75) is 40.0 Å². The number of nitrogens with zero attached hydrogens (tertiary/aromatic N) is 1. The van der Waals surface area contributed by atoms with Gasteiger partial charge in [0.25, 0.3) is 0 Å². The van der Waals surface area contributed by atoms with Crippen LogP contribution in [0.2, 0.25) is 0 Å². The van der Waals surface area contributed by atoms with E-state index < -0.39 is 0 Å². The molecule has 0 bridgehead atoms. The highest BCUT2D eigenvalue weighted by atomic mass is 15.1. The van der Waals surface area contributed by atoms with E-state index in [1.165, 1.54) is 50.1 Å². The summed E-state index contributed by atoms with van der Waals surface area (Å²) in [4.78, 5) is 2.31. The summed E-state index contributed by atoms with van der Waals surface area (Å²) in [6.45, 7) is 6.59. The second-order valence-electron chi connectivity index (χ2n) is 16.3. The standard InChI is InChI=1S/C60H54N4/c1-4-43-13-7-16-46(37-43)49-19-10-22-55(40-49)61-52-25-31-58(32-26-52)64(59-33-27-53(28-34-59)62-56-23-11-20-50(41-56)47-17-8-14-44(5-2)38-47)60-35-29-54(30-36-60)63-57-24-12-21-51(42-57)48-18-9-15-45(6-3)39-48/h7-42,61-63H,4-6H2,1-3H3. The third kappa shape index (κ3) is 9.94. The molecule has 4 heteroatoms. The molecule has 0 aliphatic carbocycles. The van der Waals surface area contributed by atoms with Crippen molar-refractivity contribution < 1.29 is 0 Å². The molecule has 4 nitrogen and oxygen atoms in total. The zero-order valence-corrected chi connectivity index (χ0v) is 36.9. The number of hydrogen-bond acceptors (Lipinski definition) is 4. The Balaban J connectivity index is 0.976. The predicted octanol–water partition coefficient (Wildman–Crippen LogP) is 17.1. The Kier molecular flexibility index (Phi) is 12.6. The molecule has 0 atom stereocenters. The first-order chi connectivity index (χ1) is 31.5. The lowest BCUT2D eigenvalue weighted by molar-refractivity contribution is 1.14. The Morgan fingerprint density at radius 3 is 0.781 bits per heavy atom. The lowest BCUT2D eigenvalue weighted by Gasteiger charge is -2.26. The molecule has 3 N–H and O–H groups in total. The van der Waals surface area contributed by atoms with Gasteiger partial charge in [0.2, 0.25) is 0 Å². The highest BCUT2D eigenvalue weighted by molar-refractivity contribution is 5.81. The molecule has 0 fully saturated rings. The Morgan fingerprint density at radius 2 is 0.516 bits per heavy atom. The second kappa shape index (κ2) is 19.5. The summed E-state index contributed by atoms with van der Waals surface area (Å²) in [6, 6.07) is 78.4. The predicted molar refractivity (Wildman–Crippen MR) is 275 cm³/mol. The van der Waals surface area contributed by atoms with Crippen molar-refractivity contribution in [1.29, 1.82) is 0 Å². The van der Waals surface area contributed by atoms with E-state index in [0.717, 1.165) is 70.4 Å². The highest BCUT2D eigenvalue weighted by Crippen LogP contribution is 2.38. The van der Waals surface area contributed by atoms with Crippen LogP contribution >= 0.6 is 0 Å². The van der Waals surface area contributed by atoms with Crippen LogP contribution in [0.5, 0.6) is 0 Å². The van der Waals surface area contributed by atoms with Gasteiger partial charge in [0.1, 0.15) is 0 Å². The van der Waals surface area contributed by atoms with Crippen LogP contribution in [0.3, 0.4) is 0 Å². The van der Waals surface area contributed by atoms with Gasteiger partial charge in [0, 0.05) is 51.2 Å². The van der Waals surface area contributed by atoms with E-state index in [9.17, 15) is 0 Å². The summed E-state index contributed by atoms with van der Waals surface area (Å²) in [6.07, 6.45) is 3.05. The molecule has 0 saturated heterocycles. The van der Waals surface area contributed by atoms with E-state index in [0.29, 0.717) is 0 Å². The Morgan fingerprint density at radius 1 is 0.266 bits per heavy atom. The van der Waals surface area contributed by atoms with Gasteiger partial charge < -0.3 is 20.9 Å². The quantitative estimate of drug-likeness (QED) is 0.0962. The van der Waals surface area contributed by atoms with Crippen LogP contribution in [-0.4, -0.2) is 0 Å². The minimum atomic E-state index is 1.02. The molecule has 9 aromatic carbocycles. The van der Waals surface area contributed by atoms with Crippen LogP contribution < -0.4 is 20.9 Å². The fourth-order valence-corrected chi connectivity index (χ4v) is 8.27. The molecule has 0 unspecified atom stereocenters. The fraction of sp³-hybridized carbons (Fsp3) is 0.100. The fourth-order valence-electron chi connectivity index (χ4n) is 8.27. The molecule has 0 heterocycles. The van der Waals surface area contributed by atoms with Crippen LogP contribution in [0, 0.1) is 0 Å². The summed E-state index contributed by atoms with van der Waals surface area (Å²) < 4.78 is 0. The highest BCUT2D eigenvalue weighted by Gasteiger charge is 2.14. The topological polar surface area (TPSA) is 39.3 Å². The van der Waals surface area contributed by atoms with Crippen molar-refractivity contribution in [2.75, 3.05) is 20.9 Å².